The van der Waals surface area contributed by atoms with Crippen LogP contribution in [0.5, 0.6) is 0 Å². The lowest BCUT2D eigenvalue weighted by Gasteiger charge is -2.08. The van der Waals surface area contributed by atoms with Crippen LogP contribution < -0.4 is 5.48 Å². The average Bonchev–Trinajstić information content (AvgIpc) is 2.00. The number of carbonyl (C=O) groups is 2. The zero-order valence-electron chi connectivity index (χ0n) is 5.37. The molecule has 0 aliphatic rings. The minimum absolute atomic E-state index is 0.00769. The van der Waals surface area contributed by atoms with E-state index >= 15 is 0 Å². The van der Waals surface area contributed by atoms with Crippen molar-refractivity contribution in [1.82, 2.24) is 10.5 Å². The van der Waals surface area contributed by atoms with Gasteiger partial charge in [-0.15, -0.1) is 0 Å². The molecule has 58 valence electrons. The maximum absolute atomic E-state index is 10.4. The van der Waals surface area contributed by atoms with Crippen molar-refractivity contribution in [2.75, 3.05) is 6.54 Å². The average molecular weight is 148 g/mol. The van der Waals surface area contributed by atoms with E-state index in [-0.39, 0.29) is 11.6 Å². The third-order valence-corrected chi connectivity index (χ3v) is 0.830. The van der Waals surface area contributed by atoms with Gasteiger partial charge in [0.05, 0.1) is 0 Å². The monoisotopic (exact) mass is 148 g/mol. The maximum Gasteiger partial charge on any atom is 0.337 e. The number of nitrogens with zero attached hydrogens (tertiary/aromatic N) is 1. The van der Waals surface area contributed by atoms with Gasteiger partial charge in [0.2, 0.25) is 0 Å². The van der Waals surface area contributed by atoms with Crippen LogP contribution in [0, 0.1) is 0 Å². The molecule has 2 amide bonds. The first-order chi connectivity index (χ1) is 4.63. The highest BCUT2D eigenvalue weighted by Gasteiger charge is 2.17. The molecule has 0 fully saturated rings. The van der Waals surface area contributed by atoms with Crippen LogP contribution in [0.3, 0.4) is 0 Å². The highest BCUT2D eigenvalue weighted by atomic mass is 16.5. The summed E-state index contributed by atoms with van der Waals surface area (Å²) >= 11 is 0. The number of likely N-dealkylation sites (N-methyl/N-ethyl adjacent to an activating group) is 1. The van der Waals surface area contributed by atoms with Gasteiger partial charge in [0, 0.05) is 6.54 Å². The van der Waals surface area contributed by atoms with Gasteiger partial charge in [-0.25, -0.2) is 10.5 Å². The molecule has 0 aromatic heterocycles. The summed E-state index contributed by atoms with van der Waals surface area (Å²) in [4.78, 5) is 20.6. The first kappa shape index (κ1) is 8.86. The number of carbonyl (C=O) groups excluding carboxylic acids is 2. The molecular weight excluding hydrogens is 140 g/mol. The van der Waals surface area contributed by atoms with E-state index in [0.717, 1.165) is 5.48 Å². The molecule has 0 unspecified atom stereocenters. The molecule has 0 rings (SSSR count). The topological polar surface area (TPSA) is 89.9 Å². The molecule has 6 heteroatoms. The summed E-state index contributed by atoms with van der Waals surface area (Å²) in [6.45, 7) is 1.47. The summed E-state index contributed by atoms with van der Waals surface area (Å²) in [5.74, 6) is -2.45. The number of rotatable bonds is 1. The minimum Gasteiger partial charge on any atom is -0.288 e. The summed E-state index contributed by atoms with van der Waals surface area (Å²) in [7, 11) is 0. The van der Waals surface area contributed by atoms with Crippen LogP contribution in [0.25, 0.3) is 0 Å². The summed E-state index contributed by atoms with van der Waals surface area (Å²) in [6.07, 6.45) is 0. The number of hydrogen-bond acceptors (Lipinski definition) is 4. The van der Waals surface area contributed by atoms with Gasteiger partial charge in [-0.3, -0.25) is 20.0 Å². The summed E-state index contributed by atoms with van der Waals surface area (Å²) in [6, 6.07) is 0. The standard InChI is InChI=1S/C4H8N2O4/c1-2-6(10)4(8)3(7)5-9/h9-10H,2H2,1H3,(H,5,7). The highest BCUT2D eigenvalue weighted by molar-refractivity contribution is 6.34. The number of hydroxylamine groups is 3. The van der Waals surface area contributed by atoms with Gasteiger partial charge in [0.15, 0.2) is 0 Å². The van der Waals surface area contributed by atoms with Crippen molar-refractivity contribution in [3.63, 3.8) is 0 Å². The van der Waals surface area contributed by atoms with E-state index in [1.807, 2.05) is 0 Å². The van der Waals surface area contributed by atoms with Gasteiger partial charge in [-0.05, 0) is 6.92 Å². The Kier molecular flexibility index (Phi) is 3.37. The molecule has 0 atom stereocenters. The molecule has 10 heavy (non-hydrogen) atoms. The Morgan fingerprint density at radius 1 is 1.60 bits per heavy atom. The van der Waals surface area contributed by atoms with Crippen LogP contribution in [0.1, 0.15) is 6.92 Å². The third kappa shape index (κ3) is 2.00. The molecule has 0 aliphatic heterocycles. The Balaban J connectivity index is 3.95. The van der Waals surface area contributed by atoms with E-state index in [4.69, 9.17) is 10.4 Å². The highest BCUT2D eigenvalue weighted by Crippen LogP contribution is 1.81. The third-order valence-electron chi connectivity index (χ3n) is 0.830. The van der Waals surface area contributed by atoms with E-state index in [0.29, 0.717) is 0 Å². The summed E-state index contributed by atoms with van der Waals surface area (Å²) in [5, 5.41) is 16.6. The molecule has 0 saturated carbocycles. The molecule has 0 aliphatic carbocycles. The van der Waals surface area contributed by atoms with Crippen LogP contribution in [0.15, 0.2) is 0 Å². The molecular formula is C4H8N2O4. The fraction of sp³-hybridized carbons (Fsp3) is 0.500. The van der Waals surface area contributed by atoms with Crippen molar-refractivity contribution in [3.8, 4) is 0 Å². The largest absolute Gasteiger partial charge is 0.337 e. The van der Waals surface area contributed by atoms with Crippen molar-refractivity contribution < 1.29 is 20.0 Å². The Bertz CT molecular complexity index is 146. The number of nitrogens with one attached hydrogen (secondary N) is 1. The lowest BCUT2D eigenvalue weighted by atomic mass is 10.5. The van der Waals surface area contributed by atoms with Crippen LogP contribution in [-0.4, -0.2) is 33.8 Å². The Morgan fingerprint density at radius 2 is 2.10 bits per heavy atom. The normalized spacial score (nSPS) is 8.70. The second-order valence-corrected chi connectivity index (χ2v) is 1.46. The Morgan fingerprint density at radius 3 is 2.40 bits per heavy atom. The zero-order valence-corrected chi connectivity index (χ0v) is 5.37. The predicted molar refractivity (Wildman–Crippen MR) is 29.1 cm³/mol. The van der Waals surface area contributed by atoms with Gasteiger partial charge in [0.1, 0.15) is 0 Å². The summed E-state index contributed by atoms with van der Waals surface area (Å²) in [5.41, 5.74) is 1.09. The molecule has 0 spiro atoms. The lowest BCUT2D eigenvalue weighted by molar-refractivity contribution is -0.173. The molecule has 3 N–H and O–H groups in total. The quantitative estimate of drug-likeness (QED) is 0.245. The minimum atomic E-state index is -1.26. The molecule has 0 saturated heterocycles. The summed E-state index contributed by atoms with van der Waals surface area (Å²) < 4.78 is 0. The smallest absolute Gasteiger partial charge is 0.288 e. The number of amides is 2. The first-order valence-corrected chi connectivity index (χ1v) is 2.58. The Hall–Kier alpha value is -1.14. The molecule has 0 heterocycles. The maximum atomic E-state index is 10.4. The van der Waals surface area contributed by atoms with Crippen molar-refractivity contribution in [2.24, 2.45) is 0 Å². The van der Waals surface area contributed by atoms with Gasteiger partial charge in [-0.1, -0.05) is 0 Å². The zero-order chi connectivity index (χ0) is 8.15. The SMILES string of the molecule is CCN(O)C(=O)C(=O)NO. The van der Waals surface area contributed by atoms with Crippen molar-refractivity contribution in [3.05, 3.63) is 0 Å². The van der Waals surface area contributed by atoms with Crippen LogP contribution in [0.2, 0.25) is 0 Å². The van der Waals surface area contributed by atoms with Gasteiger partial charge >= 0.3 is 11.8 Å². The van der Waals surface area contributed by atoms with E-state index < -0.39 is 11.8 Å². The molecule has 0 radical (unpaired) electrons. The first-order valence-electron chi connectivity index (χ1n) is 2.58. The van der Waals surface area contributed by atoms with E-state index in [2.05, 4.69) is 0 Å². The fourth-order valence-electron chi connectivity index (χ4n) is 0.309. The van der Waals surface area contributed by atoms with Crippen molar-refractivity contribution >= 4 is 11.8 Å². The van der Waals surface area contributed by atoms with Crippen LogP contribution in [0.4, 0.5) is 0 Å². The molecule has 0 aromatic carbocycles. The fourth-order valence-corrected chi connectivity index (χ4v) is 0.309. The van der Waals surface area contributed by atoms with Gasteiger partial charge < -0.3 is 0 Å². The molecule has 0 aromatic rings. The second kappa shape index (κ2) is 3.80. The predicted octanol–water partition coefficient (Wildman–Crippen LogP) is -1.27. The van der Waals surface area contributed by atoms with E-state index in [9.17, 15) is 9.59 Å². The van der Waals surface area contributed by atoms with E-state index in [1.54, 1.807) is 0 Å². The van der Waals surface area contributed by atoms with Crippen molar-refractivity contribution in [2.45, 2.75) is 6.92 Å². The second-order valence-electron chi connectivity index (χ2n) is 1.46. The van der Waals surface area contributed by atoms with Gasteiger partial charge in [0.25, 0.3) is 0 Å². The molecule has 0 bridgehead atoms. The lowest BCUT2D eigenvalue weighted by Crippen LogP contribution is -2.39. The van der Waals surface area contributed by atoms with Gasteiger partial charge in [-0.2, -0.15) is 0 Å². The van der Waals surface area contributed by atoms with Crippen LogP contribution >= 0.6 is 0 Å². The number of hydrogen-bond donors (Lipinski definition) is 3. The van der Waals surface area contributed by atoms with Crippen LogP contribution in [-0.2, 0) is 9.59 Å². The van der Waals surface area contributed by atoms with E-state index in [1.165, 1.54) is 6.92 Å². The van der Waals surface area contributed by atoms with Crippen molar-refractivity contribution in [1.29, 1.82) is 0 Å². The molecule has 6 nitrogen and oxygen atoms in total. The Labute approximate surface area is 57.0 Å².